The predicted molar refractivity (Wildman–Crippen MR) is 126 cm³/mol. The average Bonchev–Trinajstić information content (AvgIpc) is 3.35. The summed E-state index contributed by atoms with van der Waals surface area (Å²) in [5.41, 5.74) is 2.24. The molecule has 1 aromatic carbocycles. The number of fused-ring (bicyclic) bond motifs is 1. The van der Waals surface area contributed by atoms with Crippen LogP contribution in [0.3, 0.4) is 0 Å². The Bertz CT molecular complexity index is 1180. The van der Waals surface area contributed by atoms with Crippen molar-refractivity contribution in [1.82, 2.24) is 9.97 Å². The van der Waals surface area contributed by atoms with Crippen molar-refractivity contribution < 1.29 is 9.18 Å². The van der Waals surface area contributed by atoms with E-state index in [0.29, 0.717) is 16.3 Å². The second-order valence-corrected chi connectivity index (χ2v) is 9.88. The fourth-order valence-corrected chi connectivity index (χ4v) is 5.79. The molecular formula is C23H21FN4OS2. The van der Waals surface area contributed by atoms with Gasteiger partial charge in [0.25, 0.3) is 5.91 Å². The number of nitrogens with one attached hydrogen (secondary N) is 1. The smallest absolute Gasteiger partial charge is 0.265 e. The zero-order valence-electron chi connectivity index (χ0n) is 17.0. The van der Waals surface area contributed by atoms with Crippen LogP contribution in [0.25, 0.3) is 20.8 Å². The molecule has 0 spiro atoms. The molecule has 0 unspecified atom stereocenters. The molecule has 0 bridgehead atoms. The van der Waals surface area contributed by atoms with Gasteiger partial charge < -0.3 is 10.2 Å². The number of thiazole rings is 1. The van der Waals surface area contributed by atoms with Gasteiger partial charge in [0.05, 0.1) is 21.5 Å². The largest absolute Gasteiger partial charge is 0.348 e. The van der Waals surface area contributed by atoms with Crippen LogP contribution >= 0.6 is 22.7 Å². The normalized spacial score (nSPS) is 14.8. The van der Waals surface area contributed by atoms with Gasteiger partial charge in [-0.1, -0.05) is 30.4 Å². The molecule has 1 aliphatic rings. The SMILES string of the molecule is CC1CCN(c2nc3sc(C(=O)Nc4ccc(-c5ccc(F)cn5)cc4)cc3s2)CC1. The number of hydrogen-bond acceptors (Lipinski definition) is 6. The highest BCUT2D eigenvalue weighted by Gasteiger charge is 2.21. The number of rotatable bonds is 4. The van der Waals surface area contributed by atoms with E-state index in [0.717, 1.165) is 39.2 Å². The minimum Gasteiger partial charge on any atom is -0.348 e. The highest BCUT2D eigenvalue weighted by Crippen LogP contribution is 2.36. The molecule has 0 atom stereocenters. The van der Waals surface area contributed by atoms with Gasteiger partial charge in [-0.3, -0.25) is 9.78 Å². The molecule has 3 aromatic heterocycles. The summed E-state index contributed by atoms with van der Waals surface area (Å²) in [5, 5.41) is 4.00. The molecule has 4 heterocycles. The molecule has 158 valence electrons. The number of benzene rings is 1. The Kier molecular flexibility index (Phi) is 5.41. The topological polar surface area (TPSA) is 58.1 Å². The van der Waals surface area contributed by atoms with Crippen LogP contribution in [0.5, 0.6) is 0 Å². The Morgan fingerprint density at radius 2 is 1.90 bits per heavy atom. The highest BCUT2D eigenvalue weighted by atomic mass is 32.1. The van der Waals surface area contributed by atoms with Gasteiger partial charge in [0.2, 0.25) is 0 Å². The number of carbonyl (C=O) groups is 1. The molecule has 0 saturated carbocycles. The zero-order chi connectivity index (χ0) is 21.4. The van der Waals surface area contributed by atoms with Crippen molar-refractivity contribution in [3.63, 3.8) is 0 Å². The molecule has 1 N–H and O–H groups in total. The van der Waals surface area contributed by atoms with Crippen LogP contribution in [-0.4, -0.2) is 29.0 Å². The van der Waals surface area contributed by atoms with E-state index in [-0.39, 0.29) is 11.7 Å². The fraction of sp³-hybridized carbons (Fsp3) is 0.261. The van der Waals surface area contributed by atoms with Crippen molar-refractivity contribution in [2.45, 2.75) is 19.8 Å². The molecule has 5 nitrogen and oxygen atoms in total. The molecule has 31 heavy (non-hydrogen) atoms. The summed E-state index contributed by atoms with van der Waals surface area (Å²) in [6.45, 7) is 4.41. The first kappa shape index (κ1) is 20.1. The quantitative estimate of drug-likeness (QED) is 0.410. The first-order chi connectivity index (χ1) is 15.0. The summed E-state index contributed by atoms with van der Waals surface area (Å²) >= 11 is 3.09. The van der Waals surface area contributed by atoms with Crippen LogP contribution in [0.15, 0.2) is 48.7 Å². The van der Waals surface area contributed by atoms with E-state index in [1.54, 1.807) is 17.4 Å². The van der Waals surface area contributed by atoms with Gasteiger partial charge >= 0.3 is 0 Å². The Morgan fingerprint density at radius 3 is 2.58 bits per heavy atom. The second-order valence-electron chi connectivity index (χ2n) is 7.84. The number of nitrogens with zero attached hydrogens (tertiary/aromatic N) is 3. The maximum Gasteiger partial charge on any atom is 0.265 e. The number of halogens is 1. The van der Waals surface area contributed by atoms with Crippen LogP contribution in [0, 0.1) is 11.7 Å². The number of anilines is 2. The third-order valence-electron chi connectivity index (χ3n) is 5.52. The molecule has 0 radical (unpaired) electrons. The molecule has 1 amide bonds. The van der Waals surface area contributed by atoms with Crippen molar-refractivity contribution >= 4 is 48.9 Å². The summed E-state index contributed by atoms with van der Waals surface area (Å²) in [5.74, 6) is 0.278. The molecular weight excluding hydrogens is 431 g/mol. The van der Waals surface area contributed by atoms with Gasteiger partial charge in [-0.15, -0.1) is 11.3 Å². The van der Waals surface area contributed by atoms with Crippen LogP contribution in [0.2, 0.25) is 0 Å². The molecule has 1 aliphatic heterocycles. The third-order valence-corrected chi connectivity index (χ3v) is 7.74. The Labute approximate surface area is 187 Å². The maximum atomic E-state index is 13.0. The standard InChI is InChI=1S/C23H21FN4OS2/c1-14-8-10-28(11-9-14)23-27-22-20(31-23)12-19(30-22)21(29)26-17-5-2-15(3-6-17)18-7-4-16(24)13-25-18/h2-7,12-14H,8-11H2,1H3,(H,26,29). The summed E-state index contributed by atoms with van der Waals surface area (Å²) in [7, 11) is 0. The fourth-order valence-electron chi connectivity index (χ4n) is 3.63. The summed E-state index contributed by atoms with van der Waals surface area (Å²) in [4.78, 5) is 25.5. The number of carbonyl (C=O) groups excluding carboxylic acids is 1. The summed E-state index contributed by atoms with van der Waals surface area (Å²) in [6, 6.07) is 12.3. The second kappa shape index (κ2) is 8.36. The molecule has 5 rings (SSSR count). The number of piperidine rings is 1. The maximum absolute atomic E-state index is 13.0. The minimum absolute atomic E-state index is 0.142. The lowest BCUT2D eigenvalue weighted by atomic mass is 10.00. The van der Waals surface area contributed by atoms with Gasteiger partial charge in [-0.25, -0.2) is 9.37 Å². The van der Waals surface area contributed by atoms with Crippen molar-refractivity contribution in [1.29, 1.82) is 0 Å². The van der Waals surface area contributed by atoms with Crippen molar-refractivity contribution in [2.24, 2.45) is 5.92 Å². The van der Waals surface area contributed by atoms with E-state index in [9.17, 15) is 9.18 Å². The summed E-state index contributed by atoms with van der Waals surface area (Å²) in [6.07, 6.45) is 3.60. The van der Waals surface area contributed by atoms with Gasteiger partial charge in [0.1, 0.15) is 10.6 Å². The third kappa shape index (κ3) is 4.31. The van der Waals surface area contributed by atoms with Crippen LogP contribution in [0.4, 0.5) is 15.2 Å². The molecule has 4 aromatic rings. The number of hydrogen-bond donors (Lipinski definition) is 1. The first-order valence-corrected chi connectivity index (χ1v) is 11.9. The van der Waals surface area contributed by atoms with Crippen LogP contribution in [0.1, 0.15) is 29.4 Å². The lowest BCUT2D eigenvalue weighted by Gasteiger charge is -2.29. The van der Waals surface area contributed by atoms with Crippen molar-refractivity contribution in [3.05, 3.63) is 59.4 Å². The Morgan fingerprint density at radius 1 is 1.13 bits per heavy atom. The van der Waals surface area contributed by atoms with Gasteiger partial charge in [0, 0.05) is 24.3 Å². The van der Waals surface area contributed by atoms with E-state index >= 15 is 0 Å². The van der Waals surface area contributed by atoms with Gasteiger partial charge in [-0.2, -0.15) is 0 Å². The molecule has 1 fully saturated rings. The first-order valence-electron chi connectivity index (χ1n) is 10.2. The van der Waals surface area contributed by atoms with Gasteiger partial charge in [-0.05, 0) is 49.1 Å². The Hall–Kier alpha value is -2.84. The number of aromatic nitrogens is 2. The monoisotopic (exact) mass is 452 g/mol. The Balaban J connectivity index is 1.26. The lowest BCUT2D eigenvalue weighted by Crippen LogP contribution is -2.32. The van der Waals surface area contributed by atoms with Crippen LogP contribution < -0.4 is 10.2 Å². The zero-order valence-corrected chi connectivity index (χ0v) is 18.6. The van der Waals surface area contributed by atoms with Crippen molar-refractivity contribution in [2.75, 3.05) is 23.3 Å². The van der Waals surface area contributed by atoms with E-state index in [1.165, 1.54) is 36.4 Å². The minimum atomic E-state index is -0.365. The molecule has 0 aliphatic carbocycles. The van der Waals surface area contributed by atoms with E-state index in [4.69, 9.17) is 4.98 Å². The number of amides is 1. The van der Waals surface area contributed by atoms with E-state index in [1.807, 2.05) is 30.3 Å². The highest BCUT2D eigenvalue weighted by molar-refractivity contribution is 7.29. The lowest BCUT2D eigenvalue weighted by molar-refractivity contribution is 0.103. The number of pyridine rings is 1. The van der Waals surface area contributed by atoms with E-state index < -0.39 is 0 Å². The van der Waals surface area contributed by atoms with Crippen LogP contribution in [-0.2, 0) is 0 Å². The molecule has 1 saturated heterocycles. The number of thiophene rings is 1. The van der Waals surface area contributed by atoms with Gasteiger partial charge in [0.15, 0.2) is 5.13 Å². The van der Waals surface area contributed by atoms with Crippen molar-refractivity contribution in [3.8, 4) is 11.3 Å². The average molecular weight is 453 g/mol. The predicted octanol–water partition coefficient (Wildman–Crippen LogP) is 6.05. The summed E-state index contributed by atoms with van der Waals surface area (Å²) < 4.78 is 14.1. The van der Waals surface area contributed by atoms with E-state index in [2.05, 4.69) is 22.1 Å². The molecule has 8 heteroatoms.